The molecule has 4 heteroatoms. The van der Waals surface area contributed by atoms with Gasteiger partial charge >= 0.3 is 0 Å². The molecule has 0 aliphatic heterocycles. The third-order valence-corrected chi connectivity index (χ3v) is 2.33. The average Bonchev–Trinajstić information content (AvgIpc) is 2.35. The maximum Gasteiger partial charge on any atom is 0.171 e. The van der Waals surface area contributed by atoms with E-state index in [9.17, 15) is 4.79 Å². The summed E-state index contributed by atoms with van der Waals surface area (Å²) >= 11 is 5.84. The Morgan fingerprint density at radius 3 is 2.88 bits per heavy atom. The normalized spacial score (nSPS) is 9.47. The van der Waals surface area contributed by atoms with Crippen LogP contribution in [0.15, 0.2) is 12.1 Å². The van der Waals surface area contributed by atoms with Crippen LogP contribution in [0.4, 0.5) is 0 Å². The van der Waals surface area contributed by atoms with Crippen LogP contribution in [-0.4, -0.2) is 20.0 Å². The molecule has 1 rings (SSSR count). The maximum absolute atomic E-state index is 10.9. The van der Waals surface area contributed by atoms with E-state index in [1.165, 1.54) is 13.2 Å². The third kappa shape index (κ3) is 3.69. The van der Waals surface area contributed by atoms with Crippen molar-refractivity contribution in [1.82, 2.24) is 0 Å². The van der Waals surface area contributed by atoms with Crippen LogP contribution in [0.1, 0.15) is 23.2 Å². The van der Waals surface area contributed by atoms with Crippen LogP contribution in [-0.2, 0) is 0 Å². The molecule has 0 fully saturated rings. The zero-order valence-corrected chi connectivity index (χ0v) is 10.3. The lowest BCUT2D eigenvalue weighted by Crippen LogP contribution is -2.02. The van der Waals surface area contributed by atoms with Crippen LogP contribution in [0.3, 0.4) is 0 Å². The highest BCUT2D eigenvalue weighted by molar-refractivity contribution is 6.31. The second-order valence-corrected chi connectivity index (χ2v) is 3.74. The van der Waals surface area contributed by atoms with Gasteiger partial charge in [-0.15, -0.1) is 12.3 Å². The Balaban J connectivity index is 2.87. The SMILES string of the molecule is C#CCCCOc1c(C=O)cc(Cl)cc1OC. The molecule has 17 heavy (non-hydrogen) atoms. The molecule has 0 spiro atoms. The van der Waals surface area contributed by atoms with Crippen LogP contribution in [0.5, 0.6) is 11.5 Å². The number of halogens is 1. The van der Waals surface area contributed by atoms with E-state index < -0.39 is 0 Å². The maximum atomic E-state index is 10.9. The number of hydrogen-bond acceptors (Lipinski definition) is 3. The minimum absolute atomic E-state index is 0.370. The predicted molar refractivity (Wildman–Crippen MR) is 67.0 cm³/mol. The van der Waals surface area contributed by atoms with Gasteiger partial charge in [0.15, 0.2) is 17.8 Å². The smallest absolute Gasteiger partial charge is 0.171 e. The molecule has 1 aromatic rings. The average molecular weight is 253 g/mol. The van der Waals surface area contributed by atoms with Crippen molar-refractivity contribution in [2.45, 2.75) is 12.8 Å². The molecule has 0 aliphatic rings. The molecular weight excluding hydrogens is 240 g/mol. The lowest BCUT2D eigenvalue weighted by molar-refractivity contribution is 0.111. The highest BCUT2D eigenvalue weighted by Gasteiger charge is 2.12. The lowest BCUT2D eigenvalue weighted by atomic mass is 10.2. The van der Waals surface area contributed by atoms with E-state index in [0.717, 1.165) is 6.42 Å². The van der Waals surface area contributed by atoms with Crippen molar-refractivity contribution in [3.63, 3.8) is 0 Å². The van der Waals surface area contributed by atoms with Gasteiger partial charge in [-0.1, -0.05) is 11.6 Å². The molecule has 90 valence electrons. The highest BCUT2D eigenvalue weighted by atomic mass is 35.5. The van der Waals surface area contributed by atoms with E-state index in [4.69, 9.17) is 27.5 Å². The first-order valence-electron chi connectivity index (χ1n) is 5.12. The molecule has 0 heterocycles. The monoisotopic (exact) mass is 252 g/mol. The van der Waals surface area contributed by atoms with Gasteiger partial charge in [-0.2, -0.15) is 0 Å². The van der Waals surface area contributed by atoms with E-state index in [2.05, 4.69) is 5.92 Å². The largest absolute Gasteiger partial charge is 0.493 e. The predicted octanol–water partition coefficient (Wildman–Crippen LogP) is 2.95. The lowest BCUT2D eigenvalue weighted by Gasteiger charge is -2.12. The molecule has 0 aromatic heterocycles. The molecule has 0 unspecified atom stereocenters. The van der Waals surface area contributed by atoms with Crippen molar-refractivity contribution in [2.75, 3.05) is 13.7 Å². The molecule has 0 amide bonds. The fraction of sp³-hybridized carbons (Fsp3) is 0.308. The number of ether oxygens (including phenoxy) is 2. The van der Waals surface area contributed by atoms with Crippen molar-refractivity contribution >= 4 is 17.9 Å². The summed E-state index contributed by atoms with van der Waals surface area (Å²) in [6, 6.07) is 3.14. The van der Waals surface area contributed by atoms with E-state index >= 15 is 0 Å². The molecule has 0 bridgehead atoms. The quantitative estimate of drug-likeness (QED) is 0.444. The second-order valence-electron chi connectivity index (χ2n) is 3.30. The second kappa shape index (κ2) is 6.82. The van der Waals surface area contributed by atoms with Gasteiger partial charge in [-0.25, -0.2) is 0 Å². The molecule has 1 aromatic carbocycles. The molecule has 0 N–H and O–H groups in total. The standard InChI is InChI=1S/C13H13ClO3/c1-3-4-5-6-17-13-10(9-15)7-11(14)8-12(13)16-2/h1,7-9H,4-6H2,2H3. The zero-order chi connectivity index (χ0) is 12.7. The van der Waals surface area contributed by atoms with Crippen LogP contribution in [0.2, 0.25) is 5.02 Å². The summed E-state index contributed by atoms with van der Waals surface area (Å²) in [6.45, 7) is 0.434. The van der Waals surface area contributed by atoms with Crippen LogP contribution < -0.4 is 9.47 Å². The van der Waals surface area contributed by atoms with Crippen molar-refractivity contribution < 1.29 is 14.3 Å². The summed E-state index contributed by atoms with van der Waals surface area (Å²) in [4.78, 5) is 10.9. The van der Waals surface area contributed by atoms with Crippen molar-refractivity contribution in [2.24, 2.45) is 0 Å². The first kappa shape index (κ1) is 13.4. The number of methoxy groups -OCH3 is 1. The highest BCUT2D eigenvalue weighted by Crippen LogP contribution is 2.33. The van der Waals surface area contributed by atoms with Crippen LogP contribution >= 0.6 is 11.6 Å². The van der Waals surface area contributed by atoms with E-state index in [1.807, 2.05) is 0 Å². The zero-order valence-electron chi connectivity index (χ0n) is 9.53. The summed E-state index contributed by atoms with van der Waals surface area (Å²) in [7, 11) is 1.49. The van der Waals surface area contributed by atoms with Crippen molar-refractivity contribution in [3.05, 3.63) is 22.7 Å². The minimum Gasteiger partial charge on any atom is -0.493 e. The van der Waals surface area contributed by atoms with Gasteiger partial charge in [0.05, 0.1) is 19.3 Å². The molecule has 3 nitrogen and oxygen atoms in total. The van der Waals surface area contributed by atoms with Crippen LogP contribution in [0, 0.1) is 12.3 Å². The molecule has 0 atom stereocenters. The van der Waals surface area contributed by atoms with Crippen LogP contribution in [0.25, 0.3) is 0 Å². The number of rotatable bonds is 6. The van der Waals surface area contributed by atoms with Crippen molar-refractivity contribution in [3.8, 4) is 23.8 Å². The number of hydrogen-bond donors (Lipinski definition) is 0. The van der Waals surface area contributed by atoms with Crippen molar-refractivity contribution in [1.29, 1.82) is 0 Å². The van der Waals surface area contributed by atoms with Gasteiger partial charge in [-0.3, -0.25) is 4.79 Å². The Bertz CT molecular complexity index is 435. The molecule has 0 aliphatic carbocycles. The minimum atomic E-state index is 0.370. The number of aldehydes is 1. The van der Waals surface area contributed by atoms with Gasteiger partial charge in [-0.05, 0) is 12.5 Å². The molecule has 0 saturated carbocycles. The van der Waals surface area contributed by atoms with Gasteiger partial charge in [0, 0.05) is 17.5 Å². The Morgan fingerprint density at radius 2 is 2.29 bits per heavy atom. The Labute approximate surface area is 106 Å². The number of unbranched alkanes of at least 4 members (excludes halogenated alkanes) is 1. The number of terminal acetylenes is 1. The summed E-state index contributed by atoms with van der Waals surface area (Å²) in [5.74, 6) is 3.37. The number of benzene rings is 1. The Morgan fingerprint density at radius 1 is 1.53 bits per heavy atom. The topological polar surface area (TPSA) is 35.5 Å². The molecule has 0 saturated heterocycles. The van der Waals surface area contributed by atoms with E-state index in [-0.39, 0.29) is 0 Å². The van der Waals surface area contributed by atoms with Gasteiger partial charge < -0.3 is 9.47 Å². The first-order chi connectivity index (χ1) is 8.22. The third-order valence-electron chi connectivity index (χ3n) is 2.11. The summed E-state index contributed by atoms with van der Waals surface area (Å²) in [6.07, 6.45) is 7.18. The number of carbonyl (C=O) groups excluding carboxylic acids is 1. The fourth-order valence-corrected chi connectivity index (χ4v) is 1.55. The van der Waals surface area contributed by atoms with Gasteiger partial charge in [0.1, 0.15) is 0 Å². The molecular formula is C13H13ClO3. The summed E-state index contributed by atoms with van der Waals surface area (Å²) in [5, 5.41) is 0.430. The summed E-state index contributed by atoms with van der Waals surface area (Å²) in [5.41, 5.74) is 0.370. The van der Waals surface area contributed by atoms with E-state index in [0.29, 0.717) is 41.4 Å². The fourth-order valence-electron chi connectivity index (χ4n) is 1.33. The number of carbonyl (C=O) groups is 1. The summed E-state index contributed by atoms with van der Waals surface area (Å²) < 4.78 is 10.6. The Hall–Kier alpha value is -1.66. The molecule has 0 radical (unpaired) electrons. The Kier molecular flexibility index (Phi) is 5.38. The van der Waals surface area contributed by atoms with Gasteiger partial charge in [0.2, 0.25) is 0 Å². The first-order valence-corrected chi connectivity index (χ1v) is 5.49. The van der Waals surface area contributed by atoms with Gasteiger partial charge in [0.25, 0.3) is 0 Å². The van der Waals surface area contributed by atoms with E-state index in [1.54, 1.807) is 6.07 Å².